The molecule has 0 saturated heterocycles. The lowest BCUT2D eigenvalue weighted by Gasteiger charge is -2.07. The van der Waals surface area contributed by atoms with Crippen molar-refractivity contribution in [3.63, 3.8) is 0 Å². The van der Waals surface area contributed by atoms with E-state index < -0.39 is 11.0 Å². The van der Waals surface area contributed by atoms with Crippen molar-refractivity contribution in [1.29, 1.82) is 0 Å². The lowest BCUT2D eigenvalue weighted by molar-refractivity contribution is -0.384. The van der Waals surface area contributed by atoms with Crippen LogP contribution in [0.25, 0.3) is 11.1 Å². The molecule has 0 aliphatic heterocycles. The van der Waals surface area contributed by atoms with Gasteiger partial charge in [-0.15, -0.1) is 0 Å². The Bertz CT molecular complexity index is 685. The highest BCUT2D eigenvalue weighted by atomic mass is 16.6. The van der Waals surface area contributed by atoms with Gasteiger partial charge in [0.15, 0.2) is 0 Å². The van der Waals surface area contributed by atoms with Crippen LogP contribution in [0.2, 0.25) is 0 Å². The standard InChI is InChI=1S/C13H11N3O4/c1-8-4-9(6-10(5-8)20-13(14)17)11-2-3-15-7-12(11)16(18)19/h2-7H,1H3,(H2,14,17). The summed E-state index contributed by atoms with van der Waals surface area (Å²) in [6, 6.07) is 6.40. The molecule has 0 fully saturated rings. The molecular formula is C13H11N3O4. The third-order valence-corrected chi connectivity index (χ3v) is 2.58. The number of ether oxygens (including phenoxy) is 1. The van der Waals surface area contributed by atoms with E-state index in [2.05, 4.69) is 4.98 Å². The molecule has 7 heteroatoms. The van der Waals surface area contributed by atoms with Crippen LogP contribution in [0.1, 0.15) is 5.56 Å². The highest BCUT2D eigenvalue weighted by Gasteiger charge is 2.16. The first kappa shape index (κ1) is 13.5. The Morgan fingerprint density at radius 1 is 1.40 bits per heavy atom. The molecule has 0 atom stereocenters. The molecule has 2 rings (SSSR count). The van der Waals surface area contributed by atoms with Crippen LogP contribution in [-0.4, -0.2) is 16.0 Å². The number of benzene rings is 1. The van der Waals surface area contributed by atoms with E-state index >= 15 is 0 Å². The maximum atomic E-state index is 11.0. The van der Waals surface area contributed by atoms with Crippen molar-refractivity contribution < 1.29 is 14.5 Å². The Kier molecular flexibility index (Phi) is 3.60. The van der Waals surface area contributed by atoms with E-state index in [1.807, 2.05) is 0 Å². The van der Waals surface area contributed by atoms with E-state index in [0.29, 0.717) is 11.1 Å². The van der Waals surface area contributed by atoms with Crippen LogP contribution < -0.4 is 10.5 Å². The molecule has 2 N–H and O–H groups in total. The summed E-state index contributed by atoms with van der Waals surface area (Å²) in [5.74, 6) is 0.235. The van der Waals surface area contributed by atoms with Gasteiger partial charge in [0.2, 0.25) is 0 Å². The SMILES string of the molecule is Cc1cc(OC(N)=O)cc(-c2ccncc2[N+](=O)[O-])c1. The molecule has 0 radical (unpaired) electrons. The largest absolute Gasteiger partial charge is 0.410 e. The number of amides is 1. The molecule has 0 aliphatic carbocycles. The molecule has 0 unspecified atom stereocenters. The summed E-state index contributed by atoms with van der Waals surface area (Å²) in [6.45, 7) is 1.78. The number of aryl methyl sites for hydroxylation is 1. The van der Waals surface area contributed by atoms with Crippen LogP contribution in [0.3, 0.4) is 0 Å². The minimum absolute atomic E-state index is 0.122. The molecule has 102 valence electrons. The molecule has 20 heavy (non-hydrogen) atoms. The highest BCUT2D eigenvalue weighted by Crippen LogP contribution is 2.32. The van der Waals surface area contributed by atoms with Gasteiger partial charge in [0.25, 0.3) is 5.69 Å². The Hall–Kier alpha value is -2.96. The third-order valence-electron chi connectivity index (χ3n) is 2.58. The average Bonchev–Trinajstić information content (AvgIpc) is 2.37. The lowest BCUT2D eigenvalue weighted by Crippen LogP contribution is -2.16. The second-order valence-corrected chi connectivity index (χ2v) is 4.11. The molecule has 0 spiro atoms. The summed E-state index contributed by atoms with van der Waals surface area (Å²) in [5.41, 5.74) is 6.57. The monoisotopic (exact) mass is 273 g/mol. The molecule has 0 aliphatic rings. The Labute approximate surface area is 114 Å². The van der Waals surface area contributed by atoms with Crippen molar-refractivity contribution in [3.8, 4) is 16.9 Å². The number of carbonyl (C=O) groups excluding carboxylic acids is 1. The summed E-state index contributed by atoms with van der Waals surface area (Å²) < 4.78 is 4.81. The van der Waals surface area contributed by atoms with Crippen LogP contribution in [0.15, 0.2) is 36.7 Å². The van der Waals surface area contributed by atoms with Crippen molar-refractivity contribution in [1.82, 2.24) is 4.98 Å². The molecule has 7 nitrogen and oxygen atoms in total. The van der Waals surface area contributed by atoms with Gasteiger partial charge in [-0.25, -0.2) is 4.79 Å². The van der Waals surface area contributed by atoms with Crippen LogP contribution in [-0.2, 0) is 0 Å². The maximum Gasteiger partial charge on any atom is 0.409 e. The minimum Gasteiger partial charge on any atom is -0.410 e. The number of pyridine rings is 1. The highest BCUT2D eigenvalue weighted by molar-refractivity contribution is 5.75. The van der Waals surface area contributed by atoms with Crippen molar-refractivity contribution >= 4 is 11.8 Å². The predicted molar refractivity (Wildman–Crippen MR) is 71.3 cm³/mol. The average molecular weight is 273 g/mol. The van der Waals surface area contributed by atoms with Gasteiger partial charge in [0, 0.05) is 6.20 Å². The van der Waals surface area contributed by atoms with Crippen molar-refractivity contribution in [2.75, 3.05) is 0 Å². The quantitative estimate of drug-likeness (QED) is 0.682. The van der Waals surface area contributed by atoms with Gasteiger partial charge >= 0.3 is 6.09 Å². The molecule has 1 amide bonds. The van der Waals surface area contributed by atoms with Crippen molar-refractivity contribution in [2.24, 2.45) is 5.73 Å². The number of carbonyl (C=O) groups is 1. The zero-order valence-corrected chi connectivity index (χ0v) is 10.6. The number of hydrogen-bond donors (Lipinski definition) is 1. The smallest absolute Gasteiger partial charge is 0.409 e. The Morgan fingerprint density at radius 3 is 2.80 bits per heavy atom. The summed E-state index contributed by atoms with van der Waals surface area (Å²) in [4.78, 5) is 25.0. The number of hydrogen-bond acceptors (Lipinski definition) is 5. The number of nitrogens with two attached hydrogens (primary N) is 1. The zero-order valence-electron chi connectivity index (χ0n) is 10.6. The lowest BCUT2D eigenvalue weighted by atomic mass is 10.0. The number of nitrogens with zero attached hydrogens (tertiary/aromatic N) is 2. The van der Waals surface area contributed by atoms with Gasteiger partial charge in [0.05, 0.1) is 10.5 Å². The Morgan fingerprint density at radius 2 is 2.15 bits per heavy atom. The molecule has 1 aromatic carbocycles. The number of primary amides is 1. The first-order valence-corrected chi connectivity index (χ1v) is 5.65. The van der Waals surface area contributed by atoms with Crippen molar-refractivity contribution in [2.45, 2.75) is 6.92 Å². The molecule has 1 aromatic heterocycles. The minimum atomic E-state index is -0.939. The topological polar surface area (TPSA) is 108 Å². The van der Waals surface area contributed by atoms with Crippen LogP contribution in [0, 0.1) is 17.0 Å². The fraction of sp³-hybridized carbons (Fsp3) is 0.0769. The van der Waals surface area contributed by atoms with Gasteiger partial charge < -0.3 is 10.5 Å². The van der Waals surface area contributed by atoms with Crippen LogP contribution >= 0.6 is 0 Å². The summed E-state index contributed by atoms with van der Waals surface area (Å²) in [5, 5.41) is 11.0. The number of rotatable bonds is 3. The van der Waals surface area contributed by atoms with Gasteiger partial charge in [-0.1, -0.05) is 6.07 Å². The first-order valence-electron chi connectivity index (χ1n) is 5.65. The second kappa shape index (κ2) is 5.35. The van der Waals surface area contributed by atoms with E-state index in [1.54, 1.807) is 19.1 Å². The first-order chi connectivity index (χ1) is 9.47. The van der Waals surface area contributed by atoms with E-state index in [0.717, 1.165) is 5.56 Å². The maximum absolute atomic E-state index is 11.0. The van der Waals surface area contributed by atoms with Gasteiger partial charge in [-0.3, -0.25) is 15.1 Å². The molecule has 2 aromatic rings. The van der Waals surface area contributed by atoms with E-state index in [4.69, 9.17) is 10.5 Å². The Balaban J connectivity index is 2.55. The molecule has 0 saturated carbocycles. The van der Waals surface area contributed by atoms with Crippen molar-refractivity contribution in [3.05, 3.63) is 52.3 Å². The third kappa shape index (κ3) is 2.89. The molecular weight excluding hydrogens is 262 g/mol. The fourth-order valence-corrected chi connectivity index (χ4v) is 1.85. The van der Waals surface area contributed by atoms with Gasteiger partial charge in [-0.05, 0) is 36.2 Å². The molecule has 0 bridgehead atoms. The second-order valence-electron chi connectivity index (χ2n) is 4.11. The van der Waals surface area contributed by atoms with Gasteiger partial charge in [0.1, 0.15) is 11.9 Å². The summed E-state index contributed by atoms with van der Waals surface area (Å²) in [7, 11) is 0. The van der Waals surface area contributed by atoms with Crippen LogP contribution in [0.4, 0.5) is 10.5 Å². The van der Waals surface area contributed by atoms with Gasteiger partial charge in [-0.2, -0.15) is 0 Å². The number of nitro groups is 1. The normalized spacial score (nSPS) is 10.1. The summed E-state index contributed by atoms with van der Waals surface area (Å²) >= 11 is 0. The van der Waals surface area contributed by atoms with E-state index in [1.165, 1.54) is 24.5 Å². The van der Waals surface area contributed by atoms with E-state index in [9.17, 15) is 14.9 Å². The zero-order chi connectivity index (χ0) is 14.7. The van der Waals surface area contributed by atoms with E-state index in [-0.39, 0.29) is 11.4 Å². The fourth-order valence-electron chi connectivity index (χ4n) is 1.85. The predicted octanol–water partition coefficient (Wildman–Crippen LogP) is 2.42. The number of aromatic nitrogens is 1. The summed E-state index contributed by atoms with van der Waals surface area (Å²) in [6.07, 6.45) is 1.69. The van der Waals surface area contributed by atoms with Crippen LogP contribution in [0.5, 0.6) is 5.75 Å². The molecule has 1 heterocycles.